The summed E-state index contributed by atoms with van der Waals surface area (Å²) < 4.78 is 5.79. The molecule has 1 fully saturated rings. The molecule has 25 heavy (non-hydrogen) atoms. The van der Waals surface area contributed by atoms with Gasteiger partial charge in [-0.1, -0.05) is 13.8 Å². The predicted molar refractivity (Wildman–Crippen MR) is 98.4 cm³/mol. The molecule has 2 aromatic carbocycles. The number of phenols is 1. The monoisotopic (exact) mass is 340 g/mol. The van der Waals surface area contributed by atoms with Crippen molar-refractivity contribution in [2.45, 2.75) is 26.7 Å². The third kappa shape index (κ3) is 4.05. The van der Waals surface area contributed by atoms with Crippen molar-refractivity contribution >= 4 is 11.6 Å². The van der Waals surface area contributed by atoms with E-state index < -0.39 is 5.91 Å². The maximum Gasteiger partial charge on any atom is 0.248 e. The number of carbonyl (C=O) groups excluding carboxylic acids is 1. The normalized spacial score (nSPS) is 16.5. The number of rotatable bonds is 4. The standard InChI is InChI=1S/C20H24N2O3/c1-20(2)9-11-22(12-10-20)15-5-8-17(23)18(13-15)25-16-6-3-14(4-7-16)19(21)24/h3-8,13,23H,9-12H2,1-2H3,(H2,21,24). The first-order chi connectivity index (χ1) is 11.8. The van der Waals surface area contributed by atoms with Gasteiger partial charge < -0.3 is 20.5 Å². The van der Waals surface area contributed by atoms with Gasteiger partial charge >= 0.3 is 0 Å². The number of primary amides is 1. The molecular formula is C20H24N2O3. The van der Waals surface area contributed by atoms with Crippen molar-refractivity contribution in [3.8, 4) is 17.2 Å². The molecule has 132 valence electrons. The van der Waals surface area contributed by atoms with E-state index in [0.29, 0.717) is 22.5 Å². The van der Waals surface area contributed by atoms with Gasteiger partial charge in [0.1, 0.15) is 5.75 Å². The van der Waals surface area contributed by atoms with E-state index in [0.717, 1.165) is 31.6 Å². The topological polar surface area (TPSA) is 75.8 Å². The molecule has 0 bridgehead atoms. The molecule has 3 rings (SSSR count). The lowest BCUT2D eigenvalue weighted by molar-refractivity contribution is 0.100. The molecule has 1 aliphatic heterocycles. The van der Waals surface area contributed by atoms with Crippen molar-refractivity contribution in [3.63, 3.8) is 0 Å². The van der Waals surface area contributed by atoms with Crippen molar-refractivity contribution < 1.29 is 14.6 Å². The second kappa shape index (κ2) is 6.67. The summed E-state index contributed by atoms with van der Waals surface area (Å²) in [5, 5.41) is 10.1. The second-order valence-corrected chi connectivity index (χ2v) is 7.29. The average molecular weight is 340 g/mol. The third-order valence-corrected chi connectivity index (χ3v) is 4.79. The first kappa shape index (κ1) is 17.1. The van der Waals surface area contributed by atoms with Crippen LogP contribution in [0.2, 0.25) is 0 Å². The van der Waals surface area contributed by atoms with Crippen LogP contribution in [-0.2, 0) is 0 Å². The number of phenolic OH excluding ortho intramolecular Hbond substituents is 1. The smallest absolute Gasteiger partial charge is 0.248 e. The van der Waals surface area contributed by atoms with Crippen LogP contribution in [0.5, 0.6) is 17.2 Å². The SMILES string of the molecule is CC1(C)CCN(c2ccc(O)c(Oc3ccc(C(N)=O)cc3)c2)CC1. The van der Waals surface area contributed by atoms with E-state index in [2.05, 4.69) is 18.7 Å². The Morgan fingerprint density at radius 1 is 1.12 bits per heavy atom. The molecule has 0 unspecified atom stereocenters. The van der Waals surface area contributed by atoms with E-state index in [1.54, 1.807) is 30.3 Å². The number of nitrogens with two attached hydrogens (primary N) is 1. The summed E-state index contributed by atoms with van der Waals surface area (Å²) in [5.74, 6) is 0.538. The van der Waals surface area contributed by atoms with Crippen molar-refractivity contribution in [2.75, 3.05) is 18.0 Å². The molecular weight excluding hydrogens is 316 g/mol. The predicted octanol–water partition coefficient (Wildman–Crippen LogP) is 3.91. The minimum Gasteiger partial charge on any atom is -0.504 e. The zero-order valence-corrected chi connectivity index (χ0v) is 14.7. The van der Waals surface area contributed by atoms with Crippen molar-refractivity contribution in [3.05, 3.63) is 48.0 Å². The fourth-order valence-electron chi connectivity index (χ4n) is 2.97. The molecule has 2 aromatic rings. The number of carbonyl (C=O) groups is 1. The summed E-state index contributed by atoms with van der Waals surface area (Å²) >= 11 is 0. The highest BCUT2D eigenvalue weighted by molar-refractivity contribution is 5.92. The number of piperidine rings is 1. The van der Waals surface area contributed by atoms with Crippen molar-refractivity contribution in [1.82, 2.24) is 0 Å². The summed E-state index contributed by atoms with van der Waals surface area (Å²) in [6.07, 6.45) is 2.28. The van der Waals surface area contributed by atoms with E-state index in [-0.39, 0.29) is 5.75 Å². The highest BCUT2D eigenvalue weighted by Crippen LogP contribution is 2.37. The molecule has 5 heteroatoms. The molecule has 0 spiro atoms. The first-order valence-electron chi connectivity index (χ1n) is 8.50. The lowest BCUT2D eigenvalue weighted by atomic mass is 9.82. The Hall–Kier alpha value is -2.69. The fraction of sp³-hybridized carbons (Fsp3) is 0.350. The van der Waals surface area contributed by atoms with Gasteiger partial charge in [0.05, 0.1) is 0 Å². The van der Waals surface area contributed by atoms with Crippen LogP contribution in [0.1, 0.15) is 37.0 Å². The van der Waals surface area contributed by atoms with E-state index in [9.17, 15) is 9.90 Å². The Bertz CT molecular complexity index is 759. The molecule has 3 N–H and O–H groups in total. The Morgan fingerprint density at radius 2 is 1.76 bits per heavy atom. The van der Waals surface area contributed by atoms with Gasteiger partial charge in [0.15, 0.2) is 11.5 Å². The van der Waals surface area contributed by atoms with E-state index in [4.69, 9.17) is 10.5 Å². The molecule has 1 amide bonds. The number of nitrogens with zero attached hydrogens (tertiary/aromatic N) is 1. The Kier molecular flexibility index (Phi) is 4.57. The van der Waals surface area contributed by atoms with Gasteiger partial charge in [0.25, 0.3) is 0 Å². The van der Waals surface area contributed by atoms with Gasteiger partial charge in [0, 0.05) is 30.4 Å². The largest absolute Gasteiger partial charge is 0.504 e. The van der Waals surface area contributed by atoms with Crippen molar-refractivity contribution in [2.24, 2.45) is 11.1 Å². The van der Waals surface area contributed by atoms with Gasteiger partial charge in [-0.15, -0.1) is 0 Å². The molecule has 0 atom stereocenters. The number of hydrogen-bond donors (Lipinski definition) is 2. The number of hydrogen-bond acceptors (Lipinski definition) is 4. The van der Waals surface area contributed by atoms with Crippen molar-refractivity contribution in [1.29, 1.82) is 0 Å². The summed E-state index contributed by atoms with van der Waals surface area (Å²) in [7, 11) is 0. The molecule has 5 nitrogen and oxygen atoms in total. The molecule has 0 saturated carbocycles. The van der Waals surface area contributed by atoms with E-state index in [1.807, 2.05) is 12.1 Å². The minimum atomic E-state index is -0.482. The Labute approximate surface area is 148 Å². The van der Waals surface area contributed by atoms with Crippen LogP contribution in [0.3, 0.4) is 0 Å². The van der Waals surface area contributed by atoms with E-state index in [1.165, 1.54) is 0 Å². The Morgan fingerprint density at radius 3 is 2.36 bits per heavy atom. The maximum absolute atomic E-state index is 11.1. The highest BCUT2D eigenvalue weighted by atomic mass is 16.5. The molecule has 1 aliphatic rings. The van der Waals surface area contributed by atoms with Crippen LogP contribution >= 0.6 is 0 Å². The zero-order valence-electron chi connectivity index (χ0n) is 14.7. The number of ether oxygens (including phenoxy) is 1. The molecule has 1 heterocycles. The Balaban J connectivity index is 1.76. The summed E-state index contributed by atoms with van der Waals surface area (Å²) in [5.41, 5.74) is 7.08. The summed E-state index contributed by atoms with van der Waals surface area (Å²) in [6, 6.07) is 12.0. The lowest BCUT2D eigenvalue weighted by Crippen LogP contribution is -2.37. The molecule has 0 aromatic heterocycles. The first-order valence-corrected chi connectivity index (χ1v) is 8.50. The third-order valence-electron chi connectivity index (χ3n) is 4.79. The van der Waals surface area contributed by atoms with Gasteiger partial charge in [-0.05, 0) is 54.7 Å². The fourth-order valence-corrected chi connectivity index (χ4v) is 2.97. The quantitative estimate of drug-likeness (QED) is 0.885. The van der Waals surface area contributed by atoms with Gasteiger partial charge in [-0.2, -0.15) is 0 Å². The van der Waals surface area contributed by atoms with Crippen LogP contribution in [0, 0.1) is 5.41 Å². The van der Waals surface area contributed by atoms with E-state index >= 15 is 0 Å². The number of anilines is 1. The zero-order chi connectivity index (χ0) is 18.0. The highest BCUT2D eigenvalue weighted by Gasteiger charge is 2.25. The number of aromatic hydroxyl groups is 1. The minimum absolute atomic E-state index is 0.0834. The number of amides is 1. The van der Waals surface area contributed by atoms with Crippen LogP contribution in [0.25, 0.3) is 0 Å². The second-order valence-electron chi connectivity index (χ2n) is 7.29. The molecule has 0 radical (unpaired) electrons. The van der Waals surface area contributed by atoms with Crippen LogP contribution in [0.15, 0.2) is 42.5 Å². The van der Waals surface area contributed by atoms with Crippen LogP contribution in [-0.4, -0.2) is 24.1 Å². The number of benzene rings is 2. The van der Waals surface area contributed by atoms with Crippen LogP contribution in [0.4, 0.5) is 5.69 Å². The average Bonchev–Trinajstić information content (AvgIpc) is 2.57. The van der Waals surface area contributed by atoms with Gasteiger partial charge in [0.2, 0.25) is 5.91 Å². The van der Waals surface area contributed by atoms with Crippen LogP contribution < -0.4 is 15.4 Å². The van der Waals surface area contributed by atoms with Gasteiger partial charge in [-0.3, -0.25) is 4.79 Å². The maximum atomic E-state index is 11.1. The molecule has 0 aliphatic carbocycles. The summed E-state index contributed by atoms with van der Waals surface area (Å²) in [4.78, 5) is 13.4. The molecule has 1 saturated heterocycles. The van der Waals surface area contributed by atoms with Gasteiger partial charge in [-0.25, -0.2) is 0 Å². The summed E-state index contributed by atoms with van der Waals surface area (Å²) in [6.45, 7) is 6.58. The lowest BCUT2D eigenvalue weighted by Gasteiger charge is -2.38.